The summed E-state index contributed by atoms with van der Waals surface area (Å²) >= 11 is 7.24. The summed E-state index contributed by atoms with van der Waals surface area (Å²) in [4.78, 5) is 0. The molecule has 1 aromatic carbocycles. The second kappa shape index (κ2) is 5.48. The van der Waals surface area contributed by atoms with E-state index >= 15 is 0 Å². The monoisotopic (exact) mass is 512 g/mol. The van der Waals surface area contributed by atoms with Crippen molar-refractivity contribution in [2.24, 2.45) is 5.92 Å². The van der Waals surface area contributed by atoms with Crippen molar-refractivity contribution in [1.29, 1.82) is 0 Å². The fourth-order valence-electron chi connectivity index (χ4n) is 1.20. The van der Waals surface area contributed by atoms with Gasteiger partial charge in [-0.1, -0.05) is 13.8 Å². The molecular weight excluding hydrogens is 501 g/mol. The molecule has 0 saturated heterocycles. The standard InChI is InChI=1S/C10H11I3/c1-6(2)3-7-4-8(11)5-9(12)10(7)13/h4-6H,3H2,1-2H3. The average Bonchev–Trinajstić information content (AvgIpc) is 1.98. The first-order valence-corrected chi connectivity index (χ1v) is 7.37. The zero-order valence-corrected chi connectivity index (χ0v) is 14.0. The highest BCUT2D eigenvalue weighted by Crippen LogP contribution is 2.24. The molecule has 0 bridgehead atoms. The molecule has 0 amide bonds. The minimum Gasteiger partial charge on any atom is -0.0625 e. The Labute approximate surface area is 121 Å². The zero-order chi connectivity index (χ0) is 10.0. The van der Waals surface area contributed by atoms with Crippen LogP contribution in [0.5, 0.6) is 0 Å². The summed E-state index contributed by atoms with van der Waals surface area (Å²) in [6, 6.07) is 4.53. The van der Waals surface area contributed by atoms with Crippen molar-refractivity contribution in [3.8, 4) is 0 Å². The number of hydrogen-bond donors (Lipinski definition) is 0. The van der Waals surface area contributed by atoms with Crippen LogP contribution in [-0.2, 0) is 6.42 Å². The van der Waals surface area contributed by atoms with Gasteiger partial charge in [0.25, 0.3) is 0 Å². The molecule has 0 fully saturated rings. The van der Waals surface area contributed by atoms with E-state index in [1.54, 1.807) is 0 Å². The van der Waals surface area contributed by atoms with Crippen molar-refractivity contribution in [2.45, 2.75) is 20.3 Å². The maximum atomic E-state index is 2.44. The van der Waals surface area contributed by atoms with E-state index in [9.17, 15) is 0 Å². The van der Waals surface area contributed by atoms with Crippen LogP contribution in [0.25, 0.3) is 0 Å². The molecule has 0 aliphatic heterocycles. The van der Waals surface area contributed by atoms with Crippen molar-refractivity contribution in [2.75, 3.05) is 0 Å². The Morgan fingerprint density at radius 3 is 2.31 bits per heavy atom. The van der Waals surface area contributed by atoms with Crippen LogP contribution in [0.4, 0.5) is 0 Å². The molecule has 0 unspecified atom stereocenters. The molecule has 13 heavy (non-hydrogen) atoms. The van der Waals surface area contributed by atoms with Gasteiger partial charge in [-0.05, 0) is 97.8 Å². The molecule has 0 N–H and O–H groups in total. The van der Waals surface area contributed by atoms with Crippen LogP contribution < -0.4 is 0 Å². The smallest absolute Gasteiger partial charge is 0.0296 e. The number of rotatable bonds is 2. The lowest BCUT2D eigenvalue weighted by molar-refractivity contribution is 0.645. The van der Waals surface area contributed by atoms with E-state index < -0.39 is 0 Å². The van der Waals surface area contributed by atoms with Gasteiger partial charge in [0.15, 0.2) is 0 Å². The van der Waals surface area contributed by atoms with Crippen LogP contribution in [0.1, 0.15) is 19.4 Å². The van der Waals surface area contributed by atoms with Crippen LogP contribution in [0.3, 0.4) is 0 Å². The Morgan fingerprint density at radius 2 is 1.77 bits per heavy atom. The first-order valence-electron chi connectivity index (χ1n) is 4.14. The molecular formula is C10H11I3. The van der Waals surface area contributed by atoms with Crippen molar-refractivity contribution in [3.63, 3.8) is 0 Å². The van der Waals surface area contributed by atoms with Gasteiger partial charge in [-0.25, -0.2) is 0 Å². The van der Waals surface area contributed by atoms with Crippen LogP contribution in [-0.4, -0.2) is 0 Å². The quantitative estimate of drug-likeness (QED) is 0.399. The summed E-state index contributed by atoms with van der Waals surface area (Å²) in [5.74, 6) is 0.738. The van der Waals surface area contributed by atoms with Crippen molar-refractivity contribution in [3.05, 3.63) is 28.4 Å². The molecule has 0 spiro atoms. The lowest BCUT2D eigenvalue weighted by Crippen LogP contribution is -1.99. The van der Waals surface area contributed by atoms with Gasteiger partial charge in [0.2, 0.25) is 0 Å². The van der Waals surface area contributed by atoms with Gasteiger partial charge >= 0.3 is 0 Å². The molecule has 1 rings (SSSR count). The normalized spacial score (nSPS) is 10.9. The Bertz CT molecular complexity index is 305. The Kier molecular flexibility index (Phi) is 5.26. The first-order chi connectivity index (χ1) is 6.00. The lowest BCUT2D eigenvalue weighted by Gasteiger charge is -2.09. The van der Waals surface area contributed by atoms with Crippen molar-refractivity contribution < 1.29 is 0 Å². The summed E-state index contributed by atoms with van der Waals surface area (Å²) < 4.78 is 4.14. The third kappa shape index (κ3) is 3.81. The van der Waals surface area contributed by atoms with E-state index in [1.165, 1.54) is 22.7 Å². The van der Waals surface area contributed by atoms with Gasteiger partial charge in [0.05, 0.1) is 0 Å². The predicted octanol–water partition coefficient (Wildman–Crippen LogP) is 4.70. The number of halogens is 3. The lowest BCUT2D eigenvalue weighted by atomic mass is 10.0. The summed E-state index contributed by atoms with van der Waals surface area (Å²) in [5, 5.41) is 0. The third-order valence-corrected chi connectivity index (χ3v) is 5.48. The van der Waals surface area contributed by atoms with Gasteiger partial charge in [-0.2, -0.15) is 0 Å². The maximum absolute atomic E-state index is 2.44. The largest absolute Gasteiger partial charge is 0.0625 e. The van der Waals surface area contributed by atoms with Gasteiger partial charge in [-0.3, -0.25) is 0 Å². The topological polar surface area (TPSA) is 0 Å². The van der Waals surface area contributed by atoms with E-state index in [1.807, 2.05) is 0 Å². The number of benzene rings is 1. The van der Waals surface area contributed by atoms with Gasteiger partial charge in [0.1, 0.15) is 0 Å². The Balaban J connectivity index is 3.05. The maximum Gasteiger partial charge on any atom is 0.0296 e. The fraction of sp³-hybridized carbons (Fsp3) is 0.400. The molecule has 3 heteroatoms. The highest BCUT2D eigenvalue weighted by molar-refractivity contribution is 14.1. The molecule has 0 aliphatic carbocycles. The van der Waals surface area contributed by atoms with E-state index in [0.29, 0.717) is 0 Å². The van der Waals surface area contributed by atoms with Crippen LogP contribution in [0, 0.1) is 16.6 Å². The third-order valence-electron chi connectivity index (χ3n) is 1.70. The SMILES string of the molecule is CC(C)Cc1cc(I)cc(I)c1I. The molecule has 0 aliphatic rings. The van der Waals surface area contributed by atoms with E-state index in [-0.39, 0.29) is 0 Å². The van der Waals surface area contributed by atoms with Crippen LogP contribution in [0.2, 0.25) is 0 Å². The summed E-state index contributed by atoms with van der Waals surface area (Å²) in [5.41, 5.74) is 1.49. The van der Waals surface area contributed by atoms with E-state index in [4.69, 9.17) is 0 Å². The Morgan fingerprint density at radius 1 is 1.15 bits per heavy atom. The first kappa shape index (κ1) is 12.5. The van der Waals surface area contributed by atoms with Crippen LogP contribution in [0.15, 0.2) is 12.1 Å². The molecule has 0 radical (unpaired) electrons. The van der Waals surface area contributed by atoms with Gasteiger partial charge in [-0.15, -0.1) is 0 Å². The molecule has 72 valence electrons. The molecule has 0 atom stereocenters. The minimum absolute atomic E-state index is 0.738. The molecule has 0 aromatic heterocycles. The minimum atomic E-state index is 0.738. The summed E-state index contributed by atoms with van der Waals surface area (Å²) in [6.45, 7) is 4.53. The fourth-order valence-corrected chi connectivity index (χ4v) is 3.69. The van der Waals surface area contributed by atoms with E-state index in [0.717, 1.165) is 5.92 Å². The predicted molar refractivity (Wildman–Crippen MR) is 83.1 cm³/mol. The summed E-state index contributed by atoms with van der Waals surface area (Å²) in [7, 11) is 0. The summed E-state index contributed by atoms with van der Waals surface area (Å²) in [6.07, 6.45) is 1.19. The second-order valence-corrected chi connectivity index (χ2v) is 6.95. The van der Waals surface area contributed by atoms with E-state index in [2.05, 4.69) is 93.8 Å². The molecule has 0 saturated carbocycles. The molecule has 1 aromatic rings. The van der Waals surface area contributed by atoms with Gasteiger partial charge in [0, 0.05) is 10.7 Å². The van der Waals surface area contributed by atoms with Gasteiger partial charge < -0.3 is 0 Å². The molecule has 0 heterocycles. The van der Waals surface area contributed by atoms with Crippen molar-refractivity contribution >= 4 is 67.8 Å². The molecule has 0 nitrogen and oxygen atoms in total. The van der Waals surface area contributed by atoms with Crippen molar-refractivity contribution in [1.82, 2.24) is 0 Å². The zero-order valence-electron chi connectivity index (χ0n) is 7.57. The Hall–Kier alpha value is 1.41. The highest BCUT2D eigenvalue weighted by atomic mass is 127. The van der Waals surface area contributed by atoms with Crippen LogP contribution >= 0.6 is 67.8 Å². The number of hydrogen-bond acceptors (Lipinski definition) is 0. The second-order valence-electron chi connectivity index (χ2n) is 3.46. The average molecular weight is 512 g/mol. The highest BCUT2D eigenvalue weighted by Gasteiger charge is 2.07.